The molecule has 1 N–H and O–H groups in total. The normalized spacial score (nSPS) is 18.3. The van der Waals surface area contributed by atoms with E-state index < -0.39 is 6.10 Å². The zero-order valence-corrected chi connectivity index (χ0v) is 12.5. The topological polar surface area (TPSA) is 83.3 Å². The molecule has 2 rings (SSSR count). The van der Waals surface area contributed by atoms with E-state index in [0.717, 1.165) is 31.1 Å². The molecule has 0 aliphatic carbocycles. The molecule has 1 aromatic rings. The molecule has 114 valence electrons. The third kappa shape index (κ3) is 4.28. The van der Waals surface area contributed by atoms with Crippen LogP contribution in [0.1, 0.15) is 19.2 Å². The van der Waals surface area contributed by atoms with Crippen molar-refractivity contribution < 1.29 is 9.47 Å². The maximum absolute atomic E-state index is 9.00. The van der Waals surface area contributed by atoms with Gasteiger partial charge in [0.2, 0.25) is 0 Å². The van der Waals surface area contributed by atoms with Gasteiger partial charge in [-0.05, 0) is 6.42 Å². The van der Waals surface area contributed by atoms with E-state index in [4.69, 9.17) is 14.7 Å². The van der Waals surface area contributed by atoms with E-state index in [-0.39, 0.29) is 0 Å². The number of anilines is 2. The second-order valence-corrected chi connectivity index (χ2v) is 4.82. The molecule has 0 bridgehead atoms. The Hall–Kier alpha value is -1.91. The van der Waals surface area contributed by atoms with Crippen molar-refractivity contribution in [2.24, 2.45) is 0 Å². The molecule has 7 heteroatoms. The second kappa shape index (κ2) is 7.76. The fourth-order valence-electron chi connectivity index (χ4n) is 2.12. The molecule has 1 fully saturated rings. The summed E-state index contributed by atoms with van der Waals surface area (Å²) < 4.78 is 10.5. The Balaban J connectivity index is 2.20. The summed E-state index contributed by atoms with van der Waals surface area (Å²) in [6, 6.07) is 4.06. The number of rotatable bonds is 6. The van der Waals surface area contributed by atoms with Crippen molar-refractivity contribution in [2.75, 3.05) is 43.6 Å². The van der Waals surface area contributed by atoms with Gasteiger partial charge in [0, 0.05) is 26.3 Å². The number of nitriles is 1. The van der Waals surface area contributed by atoms with Crippen molar-refractivity contribution >= 4 is 11.6 Å². The third-order valence-corrected chi connectivity index (χ3v) is 3.12. The highest BCUT2D eigenvalue weighted by Crippen LogP contribution is 2.19. The van der Waals surface area contributed by atoms with E-state index >= 15 is 0 Å². The van der Waals surface area contributed by atoms with Crippen molar-refractivity contribution in [1.29, 1.82) is 5.26 Å². The Morgan fingerprint density at radius 3 is 3.14 bits per heavy atom. The van der Waals surface area contributed by atoms with Gasteiger partial charge in [0.15, 0.2) is 11.9 Å². The van der Waals surface area contributed by atoms with Crippen LogP contribution in [0.4, 0.5) is 11.6 Å². The molecule has 1 atom stereocenters. The number of aromatic nitrogens is 2. The highest BCUT2D eigenvalue weighted by Gasteiger charge is 2.22. The Bertz CT molecular complexity index is 503. The number of nitrogens with one attached hydrogen (secondary N) is 1. The van der Waals surface area contributed by atoms with Crippen LogP contribution in [0.15, 0.2) is 6.07 Å². The van der Waals surface area contributed by atoms with E-state index in [9.17, 15) is 0 Å². The highest BCUT2D eigenvalue weighted by atomic mass is 16.5. The molecule has 1 unspecified atom stereocenters. The summed E-state index contributed by atoms with van der Waals surface area (Å²) in [5, 5.41) is 12.3. The molecule has 2 heterocycles. The summed E-state index contributed by atoms with van der Waals surface area (Å²) >= 11 is 0. The second-order valence-electron chi connectivity index (χ2n) is 4.82. The molecular formula is C14H21N5O2. The molecule has 0 aromatic carbocycles. The van der Waals surface area contributed by atoms with Crippen LogP contribution in [0.25, 0.3) is 0 Å². The van der Waals surface area contributed by atoms with Crippen LogP contribution in [-0.2, 0) is 16.1 Å². The zero-order valence-electron chi connectivity index (χ0n) is 12.5. The first-order chi connectivity index (χ1) is 10.3. The molecule has 7 nitrogen and oxygen atoms in total. The van der Waals surface area contributed by atoms with Gasteiger partial charge in [0.05, 0.1) is 19.2 Å². The minimum Gasteiger partial charge on any atom is -0.377 e. The standard InChI is InChI=1S/C14H21N5O2/c1-3-4-16-12-7-14(18-13(17-12)10-20-2)19-5-6-21-11(8-15)9-19/h7,11H,3-6,9-10H2,1-2H3,(H,16,17,18). The first-order valence-corrected chi connectivity index (χ1v) is 7.13. The summed E-state index contributed by atoms with van der Waals surface area (Å²) in [5.41, 5.74) is 0. The lowest BCUT2D eigenvalue weighted by molar-refractivity contribution is 0.0761. The molecular weight excluding hydrogens is 270 g/mol. The molecule has 1 aliphatic rings. The number of hydrogen-bond acceptors (Lipinski definition) is 7. The van der Waals surface area contributed by atoms with Gasteiger partial charge in [-0.15, -0.1) is 0 Å². The van der Waals surface area contributed by atoms with Crippen LogP contribution >= 0.6 is 0 Å². The lowest BCUT2D eigenvalue weighted by Crippen LogP contribution is -2.42. The quantitative estimate of drug-likeness (QED) is 0.842. The smallest absolute Gasteiger partial charge is 0.161 e. The van der Waals surface area contributed by atoms with Gasteiger partial charge >= 0.3 is 0 Å². The maximum atomic E-state index is 9.00. The average Bonchev–Trinajstić information content (AvgIpc) is 2.53. The van der Waals surface area contributed by atoms with Gasteiger partial charge < -0.3 is 19.7 Å². The average molecular weight is 291 g/mol. The van der Waals surface area contributed by atoms with Crippen LogP contribution in [0, 0.1) is 11.3 Å². The number of hydrogen-bond donors (Lipinski definition) is 1. The summed E-state index contributed by atoms with van der Waals surface area (Å²) in [4.78, 5) is 11.0. The van der Waals surface area contributed by atoms with Gasteiger partial charge in [-0.3, -0.25) is 0 Å². The van der Waals surface area contributed by atoms with Crippen molar-refractivity contribution in [3.63, 3.8) is 0 Å². The minimum absolute atomic E-state index is 0.362. The van der Waals surface area contributed by atoms with Crippen LogP contribution in [0.5, 0.6) is 0 Å². The molecule has 0 saturated carbocycles. The molecule has 0 amide bonds. The lowest BCUT2D eigenvalue weighted by atomic mass is 10.3. The Kier molecular flexibility index (Phi) is 5.72. The van der Waals surface area contributed by atoms with E-state index in [0.29, 0.717) is 25.6 Å². The Labute approximate surface area is 124 Å². The lowest BCUT2D eigenvalue weighted by Gasteiger charge is -2.31. The van der Waals surface area contributed by atoms with Crippen molar-refractivity contribution in [2.45, 2.75) is 26.1 Å². The van der Waals surface area contributed by atoms with E-state index in [1.165, 1.54) is 0 Å². The van der Waals surface area contributed by atoms with Crippen molar-refractivity contribution in [3.8, 4) is 6.07 Å². The summed E-state index contributed by atoms with van der Waals surface area (Å²) in [6.45, 7) is 5.08. The van der Waals surface area contributed by atoms with Crippen LogP contribution in [-0.4, -0.2) is 49.4 Å². The Morgan fingerprint density at radius 2 is 2.43 bits per heavy atom. The number of ether oxygens (including phenoxy) is 2. The highest BCUT2D eigenvalue weighted by molar-refractivity contribution is 5.50. The van der Waals surface area contributed by atoms with E-state index in [1.807, 2.05) is 6.07 Å². The van der Waals surface area contributed by atoms with Crippen LogP contribution < -0.4 is 10.2 Å². The molecule has 1 aliphatic heterocycles. The van der Waals surface area contributed by atoms with Crippen molar-refractivity contribution in [3.05, 3.63) is 11.9 Å². The number of morpholine rings is 1. The molecule has 0 radical (unpaired) electrons. The molecule has 1 aromatic heterocycles. The first kappa shape index (κ1) is 15.5. The predicted molar refractivity (Wildman–Crippen MR) is 79.1 cm³/mol. The zero-order chi connectivity index (χ0) is 15.1. The largest absolute Gasteiger partial charge is 0.377 e. The number of methoxy groups -OCH3 is 1. The first-order valence-electron chi connectivity index (χ1n) is 7.13. The molecule has 1 saturated heterocycles. The molecule has 0 spiro atoms. The fourth-order valence-corrected chi connectivity index (χ4v) is 2.12. The predicted octanol–water partition coefficient (Wildman–Crippen LogP) is 1.17. The molecule has 21 heavy (non-hydrogen) atoms. The summed E-state index contributed by atoms with van der Waals surface area (Å²) in [7, 11) is 1.62. The van der Waals surface area contributed by atoms with E-state index in [1.54, 1.807) is 7.11 Å². The van der Waals surface area contributed by atoms with Gasteiger partial charge in [-0.25, -0.2) is 9.97 Å². The Morgan fingerprint density at radius 1 is 1.57 bits per heavy atom. The number of nitrogens with zero attached hydrogens (tertiary/aromatic N) is 4. The maximum Gasteiger partial charge on any atom is 0.161 e. The van der Waals surface area contributed by atoms with Crippen LogP contribution in [0.3, 0.4) is 0 Å². The summed E-state index contributed by atoms with van der Waals surface area (Å²) in [6.07, 6.45) is 0.610. The van der Waals surface area contributed by atoms with E-state index in [2.05, 4.69) is 33.2 Å². The third-order valence-electron chi connectivity index (χ3n) is 3.12. The van der Waals surface area contributed by atoms with Crippen LogP contribution in [0.2, 0.25) is 0 Å². The van der Waals surface area contributed by atoms with Gasteiger partial charge in [-0.1, -0.05) is 6.92 Å². The van der Waals surface area contributed by atoms with Gasteiger partial charge in [0.25, 0.3) is 0 Å². The van der Waals surface area contributed by atoms with Crippen molar-refractivity contribution in [1.82, 2.24) is 9.97 Å². The SMILES string of the molecule is CCCNc1cc(N2CCOC(C#N)C2)nc(COC)n1. The monoisotopic (exact) mass is 291 g/mol. The minimum atomic E-state index is -0.411. The van der Waals surface area contributed by atoms with Gasteiger partial charge in [-0.2, -0.15) is 5.26 Å². The fraction of sp³-hybridized carbons (Fsp3) is 0.643. The summed E-state index contributed by atoms with van der Waals surface area (Å²) in [5.74, 6) is 2.22. The van der Waals surface area contributed by atoms with Gasteiger partial charge in [0.1, 0.15) is 18.2 Å².